The lowest BCUT2D eigenvalue weighted by Gasteiger charge is -2.15. The summed E-state index contributed by atoms with van der Waals surface area (Å²) in [4.78, 5) is 2.03. The van der Waals surface area contributed by atoms with Crippen LogP contribution in [0.1, 0.15) is 11.1 Å². The molecule has 1 rings (SSSR count). The summed E-state index contributed by atoms with van der Waals surface area (Å²) in [6.45, 7) is 7.60. The Balaban J connectivity index is 2.14. The van der Waals surface area contributed by atoms with Crippen molar-refractivity contribution in [3.05, 3.63) is 29.3 Å². The van der Waals surface area contributed by atoms with Crippen LogP contribution in [0.2, 0.25) is 0 Å². The van der Waals surface area contributed by atoms with Crippen molar-refractivity contribution in [2.75, 3.05) is 46.6 Å². The fourth-order valence-electron chi connectivity index (χ4n) is 1.83. The Bertz CT molecular complexity index is 348. The van der Waals surface area contributed by atoms with Gasteiger partial charge in [-0.2, -0.15) is 0 Å². The highest BCUT2D eigenvalue weighted by molar-refractivity contribution is 5.39. The number of para-hydroxylation sites is 1. The lowest BCUT2D eigenvalue weighted by molar-refractivity contribution is 0.0809. The molecule has 0 radical (unpaired) electrons. The molecule has 0 saturated heterocycles. The predicted molar refractivity (Wildman–Crippen MR) is 76.8 cm³/mol. The Hall–Kier alpha value is -1.10. The first-order valence-electron chi connectivity index (χ1n) is 6.71. The normalized spacial score (nSPS) is 11.0. The van der Waals surface area contributed by atoms with Gasteiger partial charge in [0.1, 0.15) is 12.4 Å². The number of rotatable bonds is 9. The first-order valence-corrected chi connectivity index (χ1v) is 6.71. The highest BCUT2D eigenvalue weighted by Gasteiger charge is 2.02. The van der Waals surface area contributed by atoms with Gasteiger partial charge in [0.15, 0.2) is 0 Å². The molecule has 1 aromatic carbocycles. The summed E-state index contributed by atoms with van der Waals surface area (Å²) in [5, 5.41) is 8.75. The molecule has 0 spiro atoms. The molecular formula is C15H25NO3. The number of hydrogen-bond acceptors (Lipinski definition) is 4. The molecule has 0 aliphatic carbocycles. The minimum absolute atomic E-state index is 0.187. The van der Waals surface area contributed by atoms with Crippen molar-refractivity contribution in [1.82, 2.24) is 4.90 Å². The Morgan fingerprint density at radius 3 is 2.37 bits per heavy atom. The summed E-state index contributed by atoms with van der Waals surface area (Å²) >= 11 is 0. The highest BCUT2D eigenvalue weighted by atomic mass is 16.5. The molecule has 0 heterocycles. The summed E-state index contributed by atoms with van der Waals surface area (Å²) < 4.78 is 11.2. The average Bonchev–Trinajstić information content (AvgIpc) is 2.36. The van der Waals surface area contributed by atoms with Gasteiger partial charge in [0.25, 0.3) is 0 Å². The first-order chi connectivity index (χ1) is 9.15. The van der Waals surface area contributed by atoms with Gasteiger partial charge in [-0.05, 0) is 32.0 Å². The van der Waals surface area contributed by atoms with E-state index >= 15 is 0 Å². The van der Waals surface area contributed by atoms with Crippen LogP contribution in [0, 0.1) is 13.8 Å². The predicted octanol–water partition coefficient (Wildman–Crippen LogP) is 1.62. The standard InChI is InChI=1S/C15H25NO3/c1-13-5-4-6-14(2)15(13)19-12-11-18-10-8-16(3)7-9-17/h4-6,17H,7-12H2,1-3H3. The Kier molecular flexibility index (Phi) is 7.48. The Morgan fingerprint density at radius 1 is 1.05 bits per heavy atom. The molecule has 0 aliphatic heterocycles. The SMILES string of the molecule is Cc1cccc(C)c1OCCOCCN(C)CCO. The molecule has 4 heteroatoms. The minimum Gasteiger partial charge on any atom is -0.491 e. The zero-order valence-corrected chi connectivity index (χ0v) is 12.2. The summed E-state index contributed by atoms with van der Waals surface area (Å²) in [6, 6.07) is 6.13. The Labute approximate surface area is 115 Å². The van der Waals surface area contributed by atoms with Gasteiger partial charge in [0.2, 0.25) is 0 Å². The van der Waals surface area contributed by atoms with E-state index in [2.05, 4.69) is 0 Å². The van der Waals surface area contributed by atoms with E-state index in [1.54, 1.807) is 0 Å². The molecule has 0 aliphatic rings. The van der Waals surface area contributed by atoms with Crippen LogP contribution in [-0.4, -0.2) is 56.6 Å². The number of ether oxygens (including phenoxy) is 2. The van der Waals surface area contributed by atoms with Crippen LogP contribution in [0.3, 0.4) is 0 Å². The highest BCUT2D eigenvalue weighted by Crippen LogP contribution is 2.21. The van der Waals surface area contributed by atoms with Crippen molar-refractivity contribution in [2.45, 2.75) is 13.8 Å². The molecule has 0 fully saturated rings. The third-order valence-corrected chi connectivity index (χ3v) is 2.98. The summed E-state index contributed by atoms with van der Waals surface area (Å²) in [7, 11) is 1.97. The molecule has 1 aromatic rings. The lowest BCUT2D eigenvalue weighted by Crippen LogP contribution is -2.26. The number of benzene rings is 1. The van der Waals surface area contributed by atoms with Gasteiger partial charge in [0, 0.05) is 13.1 Å². The van der Waals surface area contributed by atoms with Crippen molar-refractivity contribution in [2.24, 2.45) is 0 Å². The lowest BCUT2D eigenvalue weighted by atomic mass is 10.1. The number of nitrogens with zero attached hydrogens (tertiary/aromatic N) is 1. The molecule has 0 unspecified atom stereocenters. The van der Waals surface area contributed by atoms with Crippen molar-refractivity contribution < 1.29 is 14.6 Å². The van der Waals surface area contributed by atoms with E-state index in [1.165, 1.54) is 0 Å². The van der Waals surface area contributed by atoms with Gasteiger partial charge >= 0.3 is 0 Å². The molecule has 0 bridgehead atoms. The molecule has 4 nitrogen and oxygen atoms in total. The van der Waals surface area contributed by atoms with Crippen molar-refractivity contribution in [3.63, 3.8) is 0 Å². The van der Waals surface area contributed by atoms with Crippen LogP contribution in [0.25, 0.3) is 0 Å². The fourth-order valence-corrected chi connectivity index (χ4v) is 1.83. The van der Waals surface area contributed by atoms with Crippen molar-refractivity contribution >= 4 is 0 Å². The van der Waals surface area contributed by atoms with Crippen LogP contribution in [0.4, 0.5) is 0 Å². The molecule has 108 valence electrons. The van der Waals surface area contributed by atoms with E-state index < -0.39 is 0 Å². The van der Waals surface area contributed by atoms with Gasteiger partial charge in [-0.3, -0.25) is 0 Å². The maximum absolute atomic E-state index is 8.75. The second kappa shape index (κ2) is 8.91. The largest absolute Gasteiger partial charge is 0.491 e. The number of aliphatic hydroxyl groups is 1. The van der Waals surface area contributed by atoms with Gasteiger partial charge in [0.05, 0.1) is 19.8 Å². The second-order valence-corrected chi connectivity index (χ2v) is 4.71. The van der Waals surface area contributed by atoms with Crippen LogP contribution in [0.15, 0.2) is 18.2 Å². The molecular weight excluding hydrogens is 242 g/mol. The van der Waals surface area contributed by atoms with E-state index in [1.807, 2.05) is 44.0 Å². The number of likely N-dealkylation sites (N-methyl/N-ethyl adjacent to an activating group) is 1. The van der Waals surface area contributed by atoms with E-state index in [9.17, 15) is 0 Å². The van der Waals surface area contributed by atoms with E-state index in [-0.39, 0.29) is 6.61 Å². The van der Waals surface area contributed by atoms with Crippen LogP contribution in [0.5, 0.6) is 5.75 Å². The van der Waals surface area contributed by atoms with Gasteiger partial charge < -0.3 is 19.5 Å². The molecule has 1 N–H and O–H groups in total. The third-order valence-electron chi connectivity index (χ3n) is 2.98. The number of aryl methyl sites for hydroxylation is 2. The Morgan fingerprint density at radius 2 is 1.74 bits per heavy atom. The van der Waals surface area contributed by atoms with Crippen LogP contribution in [-0.2, 0) is 4.74 Å². The van der Waals surface area contributed by atoms with Crippen LogP contribution >= 0.6 is 0 Å². The van der Waals surface area contributed by atoms with E-state index in [0.717, 1.165) is 23.4 Å². The quantitative estimate of drug-likeness (QED) is 0.690. The van der Waals surface area contributed by atoms with E-state index in [4.69, 9.17) is 14.6 Å². The number of hydrogen-bond donors (Lipinski definition) is 1. The maximum Gasteiger partial charge on any atom is 0.125 e. The third kappa shape index (κ3) is 6.05. The second-order valence-electron chi connectivity index (χ2n) is 4.71. The minimum atomic E-state index is 0.187. The van der Waals surface area contributed by atoms with Crippen molar-refractivity contribution in [1.29, 1.82) is 0 Å². The molecule has 0 saturated carbocycles. The van der Waals surface area contributed by atoms with E-state index in [0.29, 0.717) is 26.4 Å². The molecule has 0 atom stereocenters. The summed E-state index contributed by atoms with van der Waals surface area (Å²) in [5.74, 6) is 0.962. The van der Waals surface area contributed by atoms with Gasteiger partial charge in [-0.1, -0.05) is 18.2 Å². The van der Waals surface area contributed by atoms with Crippen molar-refractivity contribution in [3.8, 4) is 5.75 Å². The molecule has 0 amide bonds. The monoisotopic (exact) mass is 267 g/mol. The zero-order valence-electron chi connectivity index (χ0n) is 12.2. The maximum atomic E-state index is 8.75. The summed E-state index contributed by atoms with van der Waals surface area (Å²) in [5.41, 5.74) is 2.31. The topological polar surface area (TPSA) is 41.9 Å². The van der Waals surface area contributed by atoms with Crippen LogP contribution < -0.4 is 4.74 Å². The van der Waals surface area contributed by atoms with Gasteiger partial charge in [-0.25, -0.2) is 0 Å². The average molecular weight is 267 g/mol. The fraction of sp³-hybridized carbons (Fsp3) is 0.600. The summed E-state index contributed by atoms with van der Waals surface area (Å²) in [6.07, 6.45) is 0. The first kappa shape index (κ1) is 16.0. The molecule has 0 aromatic heterocycles. The molecule has 19 heavy (non-hydrogen) atoms. The number of aliphatic hydroxyl groups excluding tert-OH is 1. The smallest absolute Gasteiger partial charge is 0.125 e. The zero-order chi connectivity index (χ0) is 14.1. The van der Waals surface area contributed by atoms with Gasteiger partial charge in [-0.15, -0.1) is 0 Å².